The van der Waals surface area contributed by atoms with Gasteiger partial charge in [0.05, 0.1) is 17.3 Å². The van der Waals surface area contributed by atoms with Gasteiger partial charge >= 0.3 is 0 Å². The molecule has 0 saturated heterocycles. The standard InChI is InChI=1S/C17H10BrFN2/c18-14-6-3-7-15(19)17(14)21-16-9-8-11(10-20)12-4-1-2-5-13(12)16/h1-9,21H. The number of fused-ring (bicyclic) bond motifs is 1. The summed E-state index contributed by atoms with van der Waals surface area (Å²) in [7, 11) is 0. The van der Waals surface area contributed by atoms with Gasteiger partial charge in [0, 0.05) is 20.9 Å². The van der Waals surface area contributed by atoms with E-state index in [1.54, 1.807) is 24.3 Å². The van der Waals surface area contributed by atoms with E-state index in [0.717, 1.165) is 16.5 Å². The summed E-state index contributed by atoms with van der Waals surface area (Å²) >= 11 is 3.34. The first kappa shape index (κ1) is 13.6. The molecule has 102 valence electrons. The molecule has 0 aliphatic carbocycles. The fourth-order valence-corrected chi connectivity index (χ4v) is 2.70. The van der Waals surface area contributed by atoms with E-state index >= 15 is 0 Å². The van der Waals surface area contributed by atoms with Gasteiger partial charge in [-0.1, -0.05) is 30.3 Å². The van der Waals surface area contributed by atoms with Gasteiger partial charge in [-0.05, 0) is 40.2 Å². The van der Waals surface area contributed by atoms with E-state index in [4.69, 9.17) is 5.26 Å². The van der Waals surface area contributed by atoms with Gasteiger partial charge in [0.1, 0.15) is 5.82 Å². The summed E-state index contributed by atoms with van der Waals surface area (Å²) in [5.41, 5.74) is 1.74. The van der Waals surface area contributed by atoms with Crippen LogP contribution in [0.1, 0.15) is 5.56 Å². The molecule has 0 unspecified atom stereocenters. The summed E-state index contributed by atoms with van der Waals surface area (Å²) in [6.45, 7) is 0. The number of nitriles is 1. The van der Waals surface area contributed by atoms with Gasteiger partial charge in [0.15, 0.2) is 0 Å². The number of benzene rings is 3. The number of hydrogen-bond donors (Lipinski definition) is 1. The SMILES string of the molecule is N#Cc1ccc(Nc2c(F)cccc2Br)c2ccccc12. The molecule has 3 aromatic rings. The molecule has 0 aliphatic rings. The van der Waals surface area contributed by atoms with Gasteiger partial charge in [0.25, 0.3) is 0 Å². The van der Waals surface area contributed by atoms with Crippen LogP contribution in [0.4, 0.5) is 15.8 Å². The van der Waals surface area contributed by atoms with E-state index in [0.29, 0.717) is 15.7 Å². The number of nitrogens with one attached hydrogen (secondary N) is 1. The molecule has 0 fully saturated rings. The summed E-state index contributed by atoms with van der Waals surface area (Å²) in [6.07, 6.45) is 0. The zero-order valence-electron chi connectivity index (χ0n) is 10.9. The van der Waals surface area contributed by atoms with Crippen molar-refractivity contribution in [3.05, 3.63) is 70.5 Å². The maximum absolute atomic E-state index is 13.9. The zero-order chi connectivity index (χ0) is 14.8. The monoisotopic (exact) mass is 340 g/mol. The minimum atomic E-state index is -0.335. The molecule has 21 heavy (non-hydrogen) atoms. The van der Waals surface area contributed by atoms with Gasteiger partial charge in [-0.3, -0.25) is 0 Å². The molecule has 3 rings (SSSR count). The van der Waals surface area contributed by atoms with Crippen LogP contribution < -0.4 is 5.32 Å². The molecule has 0 bridgehead atoms. The van der Waals surface area contributed by atoms with Crippen molar-refractivity contribution in [3.8, 4) is 6.07 Å². The van der Waals surface area contributed by atoms with Crippen molar-refractivity contribution in [1.29, 1.82) is 5.26 Å². The lowest BCUT2D eigenvalue weighted by Crippen LogP contribution is -1.96. The summed E-state index contributed by atoms with van der Waals surface area (Å²) < 4.78 is 14.6. The van der Waals surface area contributed by atoms with Crippen molar-refractivity contribution in [1.82, 2.24) is 0 Å². The molecule has 1 N–H and O–H groups in total. The normalized spacial score (nSPS) is 10.3. The second-order valence-electron chi connectivity index (χ2n) is 4.54. The molecule has 4 heteroatoms. The quantitative estimate of drug-likeness (QED) is 0.681. The molecule has 0 radical (unpaired) electrons. The first-order valence-corrected chi connectivity index (χ1v) is 7.13. The van der Waals surface area contributed by atoms with Crippen LogP contribution in [0.2, 0.25) is 0 Å². The fourth-order valence-electron chi connectivity index (χ4n) is 2.26. The second kappa shape index (κ2) is 5.55. The minimum Gasteiger partial charge on any atom is -0.352 e. The lowest BCUT2D eigenvalue weighted by Gasteiger charge is -2.13. The van der Waals surface area contributed by atoms with E-state index in [1.807, 2.05) is 24.3 Å². The van der Waals surface area contributed by atoms with Crippen LogP contribution in [0.15, 0.2) is 59.1 Å². The third-order valence-electron chi connectivity index (χ3n) is 3.27. The Morgan fingerprint density at radius 2 is 1.71 bits per heavy atom. The van der Waals surface area contributed by atoms with Crippen molar-refractivity contribution >= 4 is 38.1 Å². The summed E-state index contributed by atoms with van der Waals surface area (Å²) in [5, 5.41) is 14.0. The molecule has 0 atom stereocenters. The van der Waals surface area contributed by atoms with Gasteiger partial charge in [-0.15, -0.1) is 0 Å². The number of para-hydroxylation sites is 1. The van der Waals surface area contributed by atoms with Crippen LogP contribution in [-0.4, -0.2) is 0 Å². The Morgan fingerprint density at radius 1 is 0.952 bits per heavy atom. The molecule has 0 heterocycles. The van der Waals surface area contributed by atoms with Crippen LogP contribution in [0.5, 0.6) is 0 Å². The van der Waals surface area contributed by atoms with E-state index < -0.39 is 0 Å². The lowest BCUT2D eigenvalue weighted by atomic mass is 10.0. The Balaban J connectivity index is 2.17. The first-order valence-electron chi connectivity index (χ1n) is 6.33. The topological polar surface area (TPSA) is 35.8 Å². The van der Waals surface area contributed by atoms with Crippen molar-refractivity contribution in [2.75, 3.05) is 5.32 Å². The van der Waals surface area contributed by atoms with Crippen LogP contribution in [0.25, 0.3) is 10.8 Å². The Hall–Kier alpha value is -2.38. The Morgan fingerprint density at radius 3 is 2.43 bits per heavy atom. The molecular formula is C17H10BrFN2. The average Bonchev–Trinajstić information content (AvgIpc) is 2.51. The number of halogens is 2. The Bertz CT molecular complexity index is 848. The van der Waals surface area contributed by atoms with Gasteiger partial charge in [0.2, 0.25) is 0 Å². The first-order chi connectivity index (χ1) is 10.2. The summed E-state index contributed by atoms with van der Waals surface area (Å²) in [6, 6.07) is 18.1. The van der Waals surface area contributed by atoms with Crippen molar-refractivity contribution < 1.29 is 4.39 Å². The molecule has 0 saturated carbocycles. The molecular weight excluding hydrogens is 331 g/mol. The molecule has 0 spiro atoms. The number of rotatable bonds is 2. The van der Waals surface area contributed by atoms with Gasteiger partial charge < -0.3 is 5.32 Å². The predicted octanol–water partition coefficient (Wildman–Crippen LogP) is 5.36. The Labute approximate surface area is 130 Å². The lowest BCUT2D eigenvalue weighted by molar-refractivity contribution is 0.631. The highest BCUT2D eigenvalue weighted by molar-refractivity contribution is 9.10. The van der Waals surface area contributed by atoms with E-state index in [9.17, 15) is 4.39 Å². The summed E-state index contributed by atoms with van der Waals surface area (Å²) in [5.74, 6) is -0.335. The van der Waals surface area contributed by atoms with Crippen molar-refractivity contribution in [2.45, 2.75) is 0 Å². The average molecular weight is 341 g/mol. The highest BCUT2D eigenvalue weighted by atomic mass is 79.9. The molecule has 0 aromatic heterocycles. The van der Waals surface area contributed by atoms with Crippen molar-refractivity contribution in [3.63, 3.8) is 0 Å². The minimum absolute atomic E-state index is 0.335. The highest BCUT2D eigenvalue weighted by Gasteiger charge is 2.10. The number of nitrogens with zero attached hydrogens (tertiary/aromatic N) is 1. The molecule has 0 amide bonds. The number of anilines is 2. The zero-order valence-corrected chi connectivity index (χ0v) is 12.5. The second-order valence-corrected chi connectivity index (χ2v) is 5.39. The third-order valence-corrected chi connectivity index (χ3v) is 3.93. The van der Waals surface area contributed by atoms with E-state index in [-0.39, 0.29) is 5.82 Å². The van der Waals surface area contributed by atoms with Crippen LogP contribution >= 0.6 is 15.9 Å². The fraction of sp³-hybridized carbons (Fsp3) is 0. The highest BCUT2D eigenvalue weighted by Crippen LogP contribution is 2.33. The summed E-state index contributed by atoms with van der Waals surface area (Å²) in [4.78, 5) is 0. The largest absolute Gasteiger partial charge is 0.352 e. The van der Waals surface area contributed by atoms with Crippen LogP contribution in [-0.2, 0) is 0 Å². The van der Waals surface area contributed by atoms with Crippen LogP contribution in [0.3, 0.4) is 0 Å². The molecule has 3 aromatic carbocycles. The smallest absolute Gasteiger partial charge is 0.147 e. The maximum atomic E-state index is 13.9. The molecule has 0 aliphatic heterocycles. The predicted molar refractivity (Wildman–Crippen MR) is 86.0 cm³/mol. The van der Waals surface area contributed by atoms with Crippen molar-refractivity contribution in [2.24, 2.45) is 0 Å². The van der Waals surface area contributed by atoms with Gasteiger partial charge in [-0.25, -0.2) is 4.39 Å². The van der Waals surface area contributed by atoms with Crippen LogP contribution in [0, 0.1) is 17.1 Å². The molecule has 2 nitrogen and oxygen atoms in total. The van der Waals surface area contributed by atoms with E-state index in [1.165, 1.54) is 6.07 Å². The maximum Gasteiger partial charge on any atom is 0.147 e. The number of hydrogen-bond acceptors (Lipinski definition) is 2. The third kappa shape index (κ3) is 2.48. The van der Waals surface area contributed by atoms with Gasteiger partial charge in [-0.2, -0.15) is 5.26 Å². The Kier molecular flexibility index (Phi) is 3.59. The van der Waals surface area contributed by atoms with E-state index in [2.05, 4.69) is 27.3 Å².